The summed E-state index contributed by atoms with van der Waals surface area (Å²) < 4.78 is 5.32. The molecule has 116 valence electrons. The van der Waals surface area contributed by atoms with Gasteiger partial charge in [-0.2, -0.15) is 0 Å². The number of nitrogens with two attached hydrogens (primary N) is 1. The quantitative estimate of drug-likeness (QED) is 0.792. The lowest BCUT2D eigenvalue weighted by molar-refractivity contribution is -0.131. The number of carbonyl (C=O) groups excluding carboxylic acids is 2. The molecular formula is C15H23N3O3. The highest BCUT2D eigenvalue weighted by Gasteiger charge is 2.12. The summed E-state index contributed by atoms with van der Waals surface area (Å²) in [6.07, 6.45) is 0. The number of hydrogen-bond donors (Lipinski definition) is 2. The predicted molar refractivity (Wildman–Crippen MR) is 81.0 cm³/mol. The van der Waals surface area contributed by atoms with E-state index in [1.807, 2.05) is 26.0 Å². The van der Waals surface area contributed by atoms with Crippen molar-refractivity contribution in [2.45, 2.75) is 20.4 Å². The maximum atomic E-state index is 11.9. The second-order valence-corrected chi connectivity index (χ2v) is 4.99. The Balaban J connectivity index is 2.68. The van der Waals surface area contributed by atoms with E-state index in [4.69, 9.17) is 10.5 Å². The first kappa shape index (κ1) is 17.0. The molecule has 1 rings (SSSR count). The second-order valence-electron chi connectivity index (χ2n) is 4.99. The number of ether oxygens (including phenoxy) is 1. The van der Waals surface area contributed by atoms with Crippen LogP contribution in [0.25, 0.3) is 0 Å². The lowest BCUT2D eigenvalue weighted by Gasteiger charge is -2.19. The van der Waals surface area contributed by atoms with Crippen LogP contribution in [-0.4, -0.2) is 44.0 Å². The number of benzene rings is 1. The van der Waals surface area contributed by atoms with Gasteiger partial charge in [0.2, 0.25) is 11.8 Å². The number of hydrogen-bond acceptors (Lipinski definition) is 4. The SMILES string of the molecule is COc1c(C)cc(CN(C)C(=O)CNC(=O)CN)cc1C. The molecule has 0 aliphatic heterocycles. The largest absolute Gasteiger partial charge is 0.496 e. The smallest absolute Gasteiger partial charge is 0.242 e. The van der Waals surface area contributed by atoms with Crippen molar-refractivity contribution >= 4 is 11.8 Å². The van der Waals surface area contributed by atoms with Crippen LogP contribution in [0.4, 0.5) is 0 Å². The zero-order valence-corrected chi connectivity index (χ0v) is 13.0. The number of nitrogens with one attached hydrogen (secondary N) is 1. The fourth-order valence-corrected chi connectivity index (χ4v) is 2.20. The van der Waals surface area contributed by atoms with E-state index in [2.05, 4.69) is 5.32 Å². The maximum Gasteiger partial charge on any atom is 0.242 e. The molecule has 0 radical (unpaired) electrons. The van der Waals surface area contributed by atoms with Crippen LogP contribution in [0.15, 0.2) is 12.1 Å². The van der Waals surface area contributed by atoms with Crippen molar-refractivity contribution in [1.82, 2.24) is 10.2 Å². The average molecular weight is 293 g/mol. The molecule has 6 heteroatoms. The first-order valence-corrected chi connectivity index (χ1v) is 6.73. The molecule has 0 atom stereocenters. The van der Waals surface area contributed by atoms with Crippen LogP contribution in [0.2, 0.25) is 0 Å². The van der Waals surface area contributed by atoms with Gasteiger partial charge in [0.1, 0.15) is 5.75 Å². The third-order valence-corrected chi connectivity index (χ3v) is 3.19. The van der Waals surface area contributed by atoms with Crippen molar-refractivity contribution in [3.63, 3.8) is 0 Å². The summed E-state index contributed by atoms with van der Waals surface area (Å²) in [4.78, 5) is 24.5. The highest BCUT2D eigenvalue weighted by atomic mass is 16.5. The van der Waals surface area contributed by atoms with Gasteiger partial charge in [-0.1, -0.05) is 12.1 Å². The molecule has 0 fully saturated rings. The Morgan fingerprint density at radius 1 is 1.29 bits per heavy atom. The van der Waals surface area contributed by atoms with Gasteiger partial charge < -0.3 is 20.7 Å². The number of aryl methyl sites for hydroxylation is 2. The molecule has 2 amide bonds. The molecular weight excluding hydrogens is 270 g/mol. The predicted octanol–water partition coefficient (Wildman–Crippen LogP) is 0.345. The van der Waals surface area contributed by atoms with Gasteiger partial charge in [-0.25, -0.2) is 0 Å². The molecule has 1 aromatic rings. The first-order valence-electron chi connectivity index (χ1n) is 6.73. The second kappa shape index (κ2) is 7.64. The van der Waals surface area contributed by atoms with Crippen molar-refractivity contribution in [2.24, 2.45) is 5.73 Å². The van der Waals surface area contributed by atoms with Gasteiger partial charge in [0, 0.05) is 13.6 Å². The molecule has 0 unspecified atom stereocenters. The zero-order valence-electron chi connectivity index (χ0n) is 13.0. The molecule has 0 bridgehead atoms. The number of rotatable bonds is 6. The number of methoxy groups -OCH3 is 1. The van der Waals surface area contributed by atoms with Crippen LogP contribution in [0.3, 0.4) is 0 Å². The number of nitrogens with zero attached hydrogens (tertiary/aromatic N) is 1. The highest BCUT2D eigenvalue weighted by molar-refractivity contribution is 5.85. The van der Waals surface area contributed by atoms with Gasteiger partial charge in [0.15, 0.2) is 0 Å². The number of likely N-dealkylation sites (N-methyl/N-ethyl adjacent to an activating group) is 1. The lowest BCUT2D eigenvalue weighted by atomic mass is 10.1. The number of carbonyl (C=O) groups is 2. The van der Waals surface area contributed by atoms with E-state index < -0.39 is 0 Å². The Kier molecular flexibility index (Phi) is 6.17. The molecule has 0 heterocycles. The Morgan fingerprint density at radius 3 is 2.33 bits per heavy atom. The minimum Gasteiger partial charge on any atom is -0.496 e. The van der Waals surface area contributed by atoms with Crippen LogP contribution >= 0.6 is 0 Å². The Morgan fingerprint density at radius 2 is 1.86 bits per heavy atom. The molecule has 21 heavy (non-hydrogen) atoms. The topological polar surface area (TPSA) is 84.7 Å². The third-order valence-electron chi connectivity index (χ3n) is 3.19. The Labute approximate surface area is 125 Å². The molecule has 0 aliphatic rings. The summed E-state index contributed by atoms with van der Waals surface area (Å²) in [6, 6.07) is 3.99. The van der Waals surface area contributed by atoms with Crippen molar-refractivity contribution in [3.05, 3.63) is 28.8 Å². The lowest BCUT2D eigenvalue weighted by Crippen LogP contribution is -2.40. The van der Waals surface area contributed by atoms with E-state index in [0.717, 1.165) is 22.4 Å². The van der Waals surface area contributed by atoms with Gasteiger partial charge in [-0.05, 0) is 30.5 Å². The minimum atomic E-state index is -0.340. The summed E-state index contributed by atoms with van der Waals surface area (Å²) in [7, 11) is 3.34. The highest BCUT2D eigenvalue weighted by Crippen LogP contribution is 2.24. The van der Waals surface area contributed by atoms with Crippen molar-refractivity contribution < 1.29 is 14.3 Å². The van der Waals surface area contributed by atoms with Crippen LogP contribution in [0, 0.1) is 13.8 Å². The Hall–Kier alpha value is -2.08. The molecule has 0 saturated heterocycles. The summed E-state index contributed by atoms with van der Waals surface area (Å²) in [5, 5.41) is 2.46. The van der Waals surface area contributed by atoms with E-state index in [0.29, 0.717) is 6.54 Å². The molecule has 6 nitrogen and oxygen atoms in total. The zero-order chi connectivity index (χ0) is 16.0. The molecule has 3 N–H and O–H groups in total. The summed E-state index contributed by atoms with van der Waals surface area (Å²) >= 11 is 0. The fourth-order valence-electron chi connectivity index (χ4n) is 2.20. The third kappa shape index (κ3) is 4.75. The van der Waals surface area contributed by atoms with Crippen LogP contribution < -0.4 is 15.8 Å². The van der Waals surface area contributed by atoms with Crippen LogP contribution in [0.1, 0.15) is 16.7 Å². The summed E-state index contributed by atoms with van der Waals surface area (Å²) in [6.45, 7) is 4.26. The van der Waals surface area contributed by atoms with Gasteiger partial charge in [-0.3, -0.25) is 9.59 Å². The minimum absolute atomic E-state index is 0.0410. The molecule has 0 spiro atoms. The van der Waals surface area contributed by atoms with E-state index in [9.17, 15) is 9.59 Å². The van der Waals surface area contributed by atoms with E-state index in [1.54, 1.807) is 19.1 Å². The average Bonchev–Trinajstić information content (AvgIpc) is 2.43. The standard InChI is InChI=1S/C15H23N3O3/c1-10-5-12(6-11(2)15(10)21-4)9-18(3)14(20)8-17-13(19)7-16/h5-6H,7-9,16H2,1-4H3,(H,17,19). The molecule has 0 aliphatic carbocycles. The normalized spacial score (nSPS) is 10.1. The van der Waals surface area contributed by atoms with Crippen molar-refractivity contribution in [1.29, 1.82) is 0 Å². The van der Waals surface area contributed by atoms with Crippen LogP contribution in [0.5, 0.6) is 5.75 Å². The van der Waals surface area contributed by atoms with E-state index in [1.165, 1.54) is 0 Å². The summed E-state index contributed by atoms with van der Waals surface area (Å²) in [5.74, 6) is 0.360. The summed E-state index contributed by atoms with van der Waals surface area (Å²) in [5.41, 5.74) is 8.25. The van der Waals surface area contributed by atoms with E-state index in [-0.39, 0.29) is 24.9 Å². The molecule has 0 saturated carbocycles. The maximum absolute atomic E-state index is 11.9. The van der Waals surface area contributed by atoms with Gasteiger partial charge >= 0.3 is 0 Å². The van der Waals surface area contributed by atoms with Gasteiger partial charge in [0.05, 0.1) is 20.2 Å². The fraction of sp³-hybridized carbons (Fsp3) is 0.467. The van der Waals surface area contributed by atoms with Crippen LogP contribution in [-0.2, 0) is 16.1 Å². The molecule has 0 aromatic heterocycles. The number of amides is 2. The van der Waals surface area contributed by atoms with Gasteiger partial charge in [0.25, 0.3) is 0 Å². The Bertz CT molecular complexity index is 506. The molecule has 1 aromatic carbocycles. The van der Waals surface area contributed by atoms with Crippen molar-refractivity contribution in [2.75, 3.05) is 27.2 Å². The van der Waals surface area contributed by atoms with Gasteiger partial charge in [-0.15, -0.1) is 0 Å². The first-order chi connectivity index (χ1) is 9.88. The monoisotopic (exact) mass is 293 g/mol. The van der Waals surface area contributed by atoms with Crippen molar-refractivity contribution in [3.8, 4) is 5.75 Å². The van der Waals surface area contributed by atoms with E-state index >= 15 is 0 Å².